The van der Waals surface area contributed by atoms with Gasteiger partial charge in [0, 0.05) is 17.0 Å². The number of hydrogen-bond donors (Lipinski definition) is 0. The van der Waals surface area contributed by atoms with Gasteiger partial charge in [0.2, 0.25) is 5.88 Å². The molecule has 1 aromatic heterocycles. The second kappa shape index (κ2) is 5.78. The van der Waals surface area contributed by atoms with Gasteiger partial charge in [-0.2, -0.15) is 4.98 Å². The summed E-state index contributed by atoms with van der Waals surface area (Å²) >= 11 is 11.8. The number of hydrogen-bond acceptors (Lipinski definition) is 3. The number of benzene rings is 1. The monoisotopic (exact) mass is 328 g/mol. The molecule has 0 amide bonds. The molecule has 0 saturated carbocycles. The quantitative estimate of drug-likeness (QED) is 0.699. The van der Waals surface area contributed by atoms with Crippen LogP contribution in [0.4, 0.5) is 4.39 Å². The van der Waals surface area contributed by atoms with Crippen molar-refractivity contribution in [3.8, 4) is 11.6 Å². The van der Waals surface area contributed by atoms with Gasteiger partial charge >= 0.3 is 0 Å². The van der Waals surface area contributed by atoms with Crippen LogP contribution in [0.15, 0.2) is 18.2 Å². The lowest BCUT2D eigenvalue weighted by Crippen LogP contribution is -2.17. The normalized spacial score (nSPS) is 11.6. The summed E-state index contributed by atoms with van der Waals surface area (Å²) in [6.45, 7) is 7.66. The van der Waals surface area contributed by atoms with Crippen molar-refractivity contribution in [3.05, 3.63) is 45.6 Å². The zero-order chi connectivity index (χ0) is 15.8. The fourth-order valence-corrected chi connectivity index (χ4v) is 1.84. The Bertz CT molecular complexity index is 684. The lowest BCUT2D eigenvalue weighted by molar-refractivity contribution is 0.438. The second-order valence-corrected chi connectivity index (χ2v) is 6.46. The van der Waals surface area contributed by atoms with E-state index in [-0.39, 0.29) is 10.4 Å². The highest BCUT2D eigenvalue weighted by Gasteiger charge is 2.21. The molecule has 6 heteroatoms. The Morgan fingerprint density at radius 2 is 1.81 bits per heavy atom. The van der Waals surface area contributed by atoms with E-state index in [1.54, 1.807) is 13.0 Å². The van der Waals surface area contributed by atoms with E-state index >= 15 is 0 Å². The molecule has 21 heavy (non-hydrogen) atoms. The van der Waals surface area contributed by atoms with Crippen LogP contribution in [0.3, 0.4) is 0 Å². The Kier molecular flexibility index (Phi) is 4.40. The van der Waals surface area contributed by atoms with Gasteiger partial charge in [-0.05, 0) is 19.1 Å². The van der Waals surface area contributed by atoms with Gasteiger partial charge in [-0.3, -0.25) is 0 Å². The van der Waals surface area contributed by atoms with E-state index < -0.39 is 5.82 Å². The zero-order valence-corrected chi connectivity index (χ0v) is 13.7. The average molecular weight is 329 g/mol. The smallest absolute Gasteiger partial charge is 0.227 e. The Hall–Kier alpha value is -1.39. The molecule has 2 aromatic rings. The van der Waals surface area contributed by atoms with E-state index in [0.29, 0.717) is 28.2 Å². The van der Waals surface area contributed by atoms with E-state index in [4.69, 9.17) is 27.9 Å². The SMILES string of the molecule is Cc1c(Cl)nc(C(C)(C)C)nc1Oc1ccc(Cl)c(F)c1. The van der Waals surface area contributed by atoms with Crippen molar-refractivity contribution in [2.24, 2.45) is 0 Å². The highest BCUT2D eigenvalue weighted by atomic mass is 35.5. The highest BCUT2D eigenvalue weighted by Crippen LogP contribution is 2.31. The highest BCUT2D eigenvalue weighted by molar-refractivity contribution is 6.30. The number of rotatable bonds is 2. The van der Waals surface area contributed by atoms with Crippen molar-refractivity contribution in [2.75, 3.05) is 0 Å². The summed E-state index contributed by atoms with van der Waals surface area (Å²) in [6, 6.07) is 4.20. The maximum Gasteiger partial charge on any atom is 0.227 e. The first-order valence-electron chi connectivity index (χ1n) is 6.36. The van der Waals surface area contributed by atoms with Gasteiger partial charge in [0.05, 0.1) is 5.02 Å². The molecule has 0 aliphatic rings. The lowest BCUT2D eigenvalue weighted by Gasteiger charge is -2.19. The molecule has 0 fully saturated rings. The van der Waals surface area contributed by atoms with Crippen LogP contribution < -0.4 is 4.74 Å². The van der Waals surface area contributed by atoms with Crippen molar-refractivity contribution >= 4 is 23.2 Å². The molecule has 0 N–H and O–H groups in total. The number of nitrogens with zero attached hydrogens (tertiary/aromatic N) is 2. The molecule has 0 radical (unpaired) electrons. The van der Waals surface area contributed by atoms with Crippen LogP contribution >= 0.6 is 23.2 Å². The third-order valence-corrected chi connectivity index (χ3v) is 3.49. The van der Waals surface area contributed by atoms with E-state index in [1.165, 1.54) is 12.1 Å². The van der Waals surface area contributed by atoms with Gasteiger partial charge in [0.25, 0.3) is 0 Å². The maximum absolute atomic E-state index is 13.5. The van der Waals surface area contributed by atoms with Gasteiger partial charge in [0.15, 0.2) is 0 Å². The summed E-state index contributed by atoms with van der Waals surface area (Å²) in [6.07, 6.45) is 0. The van der Waals surface area contributed by atoms with Crippen molar-refractivity contribution < 1.29 is 9.13 Å². The van der Waals surface area contributed by atoms with Gasteiger partial charge in [0.1, 0.15) is 22.5 Å². The summed E-state index contributed by atoms with van der Waals surface area (Å²) < 4.78 is 19.1. The third kappa shape index (κ3) is 3.63. The largest absolute Gasteiger partial charge is 0.438 e. The Balaban J connectivity index is 2.43. The van der Waals surface area contributed by atoms with Gasteiger partial charge in [-0.1, -0.05) is 44.0 Å². The van der Waals surface area contributed by atoms with Crippen molar-refractivity contribution in [3.63, 3.8) is 0 Å². The molecule has 0 unspecified atom stereocenters. The molecular formula is C15H15Cl2FN2O. The minimum atomic E-state index is -0.553. The molecule has 0 aliphatic carbocycles. The summed E-state index contributed by atoms with van der Waals surface area (Å²) in [5.41, 5.74) is 0.320. The molecule has 0 bridgehead atoms. The first kappa shape index (κ1) is 16.0. The van der Waals surface area contributed by atoms with E-state index in [0.717, 1.165) is 0 Å². The molecule has 0 spiro atoms. The number of ether oxygens (including phenoxy) is 1. The van der Waals surface area contributed by atoms with Gasteiger partial charge in [-0.15, -0.1) is 0 Å². The summed E-state index contributed by atoms with van der Waals surface area (Å²) in [5.74, 6) is 0.613. The van der Waals surface area contributed by atoms with Crippen molar-refractivity contribution in [2.45, 2.75) is 33.1 Å². The zero-order valence-electron chi connectivity index (χ0n) is 12.2. The van der Waals surface area contributed by atoms with Crippen LogP contribution in [0.1, 0.15) is 32.2 Å². The van der Waals surface area contributed by atoms with E-state index in [1.807, 2.05) is 20.8 Å². The van der Waals surface area contributed by atoms with Crippen LogP contribution in [0, 0.1) is 12.7 Å². The molecular weight excluding hydrogens is 314 g/mol. The van der Waals surface area contributed by atoms with Crippen LogP contribution in [0.5, 0.6) is 11.6 Å². The van der Waals surface area contributed by atoms with Gasteiger partial charge in [-0.25, -0.2) is 9.37 Å². The van der Waals surface area contributed by atoms with E-state index in [2.05, 4.69) is 9.97 Å². The first-order valence-corrected chi connectivity index (χ1v) is 7.11. The fourth-order valence-electron chi connectivity index (χ4n) is 1.56. The second-order valence-electron chi connectivity index (χ2n) is 5.70. The number of halogens is 3. The number of aromatic nitrogens is 2. The molecule has 1 aromatic carbocycles. The molecule has 1 heterocycles. The maximum atomic E-state index is 13.5. The van der Waals surface area contributed by atoms with Crippen LogP contribution in [-0.2, 0) is 5.41 Å². The van der Waals surface area contributed by atoms with Crippen LogP contribution in [-0.4, -0.2) is 9.97 Å². The fraction of sp³-hybridized carbons (Fsp3) is 0.333. The molecule has 0 saturated heterocycles. The summed E-state index contributed by atoms with van der Waals surface area (Å²) in [4.78, 5) is 8.64. The van der Waals surface area contributed by atoms with Crippen LogP contribution in [0.25, 0.3) is 0 Å². The lowest BCUT2D eigenvalue weighted by atomic mass is 9.96. The predicted octanol–water partition coefficient (Wildman–Crippen LogP) is 5.32. The minimum Gasteiger partial charge on any atom is -0.438 e. The van der Waals surface area contributed by atoms with Crippen molar-refractivity contribution in [1.82, 2.24) is 9.97 Å². The molecule has 2 rings (SSSR count). The molecule has 112 valence electrons. The van der Waals surface area contributed by atoms with Gasteiger partial charge < -0.3 is 4.74 Å². The Morgan fingerprint density at radius 3 is 2.38 bits per heavy atom. The first-order chi connectivity index (χ1) is 9.68. The topological polar surface area (TPSA) is 35.0 Å². The van der Waals surface area contributed by atoms with Crippen LogP contribution in [0.2, 0.25) is 10.2 Å². The summed E-state index contributed by atoms with van der Waals surface area (Å²) in [7, 11) is 0. The Morgan fingerprint density at radius 1 is 1.14 bits per heavy atom. The standard InChI is InChI=1S/C15H15Cl2FN2O/c1-8-12(17)19-14(15(2,3)4)20-13(8)21-9-5-6-10(16)11(18)7-9/h5-7H,1-4H3. The predicted molar refractivity (Wildman–Crippen MR) is 82.0 cm³/mol. The third-order valence-electron chi connectivity index (χ3n) is 2.82. The molecule has 0 aliphatic heterocycles. The average Bonchev–Trinajstić information content (AvgIpc) is 2.38. The minimum absolute atomic E-state index is 0.0372. The Labute approximate surface area is 133 Å². The molecule has 3 nitrogen and oxygen atoms in total. The van der Waals surface area contributed by atoms with E-state index in [9.17, 15) is 4.39 Å². The summed E-state index contributed by atoms with van der Waals surface area (Å²) in [5, 5.41) is 0.356. The molecule has 0 atom stereocenters. The van der Waals surface area contributed by atoms with Crippen molar-refractivity contribution in [1.29, 1.82) is 0 Å².